The first-order valence-electron chi connectivity index (χ1n) is 5.91. The number of nitrogens with one attached hydrogen (secondary N) is 1. The fraction of sp³-hybridized carbons (Fsp3) is 0.538. The highest BCUT2D eigenvalue weighted by molar-refractivity contribution is 5.85. The van der Waals surface area contributed by atoms with Crippen LogP contribution in [0.2, 0.25) is 0 Å². The molecule has 0 saturated heterocycles. The van der Waals surface area contributed by atoms with Crippen LogP contribution in [0.25, 0.3) is 0 Å². The smallest absolute Gasteiger partial charge is 0.123 e. The van der Waals surface area contributed by atoms with Crippen LogP contribution in [0.1, 0.15) is 30.4 Å². The van der Waals surface area contributed by atoms with Gasteiger partial charge in [-0.1, -0.05) is 12.1 Å². The summed E-state index contributed by atoms with van der Waals surface area (Å²) in [6.45, 7) is 2.08. The fourth-order valence-corrected chi connectivity index (χ4v) is 2.28. The molecular weight excluding hydrogens is 222 g/mol. The topological polar surface area (TPSA) is 21.3 Å². The average Bonchev–Trinajstić information content (AvgIpc) is 2.23. The van der Waals surface area contributed by atoms with E-state index in [1.165, 1.54) is 30.4 Å². The van der Waals surface area contributed by atoms with Crippen LogP contribution in [-0.4, -0.2) is 12.6 Å². The quantitative estimate of drug-likeness (QED) is 0.857. The monoisotopic (exact) mass is 239 g/mol. The third-order valence-electron chi connectivity index (χ3n) is 3.44. The third-order valence-corrected chi connectivity index (χ3v) is 3.44. The second-order valence-electron chi connectivity index (χ2n) is 4.49. The number of rotatable bonds is 2. The van der Waals surface area contributed by atoms with E-state index in [-0.39, 0.29) is 12.4 Å². The summed E-state index contributed by atoms with van der Waals surface area (Å²) in [6.07, 6.45) is 5.41. The van der Waals surface area contributed by atoms with Gasteiger partial charge < -0.3 is 10.1 Å². The molecule has 1 aliphatic heterocycles. The molecule has 16 heavy (non-hydrogen) atoms. The van der Waals surface area contributed by atoms with Crippen LogP contribution in [0.15, 0.2) is 18.2 Å². The maximum absolute atomic E-state index is 6.02. The number of hydrogen-bond donors (Lipinski definition) is 1. The van der Waals surface area contributed by atoms with E-state index < -0.39 is 0 Å². The van der Waals surface area contributed by atoms with Gasteiger partial charge in [0.15, 0.2) is 0 Å². The Morgan fingerprint density at radius 1 is 1.25 bits per heavy atom. The molecule has 1 N–H and O–H groups in total. The zero-order valence-electron chi connectivity index (χ0n) is 9.37. The summed E-state index contributed by atoms with van der Waals surface area (Å²) in [5.74, 6) is 1.14. The molecule has 0 unspecified atom stereocenters. The summed E-state index contributed by atoms with van der Waals surface area (Å²) in [5, 5.41) is 3.39. The largest absolute Gasteiger partial charge is 0.490 e. The van der Waals surface area contributed by atoms with Crippen molar-refractivity contribution in [3.05, 3.63) is 29.3 Å². The first-order chi connectivity index (χ1) is 7.43. The highest BCUT2D eigenvalue weighted by atomic mass is 35.5. The number of benzene rings is 1. The molecule has 0 spiro atoms. The highest BCUT2D eigenvalue weighted by Crippen LogP contribution is 2.30. The molecule has 1 fully saturated rings. The number of fused-ring (bicyclic) bond motifs is 1. The van der Waals surface area contributed by atoms with Crippen molar-refractivity contribution in [1.82, 2.24) is 5.32 Å². The Morgan fingerprint density at radius 3 is 2.88 bits per heavy atom. The Balaban J connectivity index is 0.000000963. The van der Waals surface area contributed by atoms with Crippen molar-refractivity contribution in [1.29, 1.82) is 0 Å². The lowest BCUT2D eigenvalue weighted by Crippen LogP contribution is -2.28. The molecule has 0 radical (unpaired) electrons. The van der Waals surface area contributed by atoms with E-state index in [4.69, 9.17) is 4.74 Å². The average molecular weight is 240 g/mol. The second-order valence-corrected chi connectivity index (χ2v) is 4.49. The van der Waals surface area contributed by atoms with Crippen molar-refractivity contribution >= 4 is 12.4 Å². The van der Waals surface area contributed by atoms with Crippen molar-refractivity contribution in [2.45, 2.75) is 38.3 Å². The number of ether oxygens (including phenoxy) is 1. The van der Waals surface area contributed by atoms with Gasteiger partial charge in [-0.25, -0.2) is 0 Å². The minimum Gasteiger partial charge on any atom is -0.490 e. The maximum atomic E-state index is 6.02. The van der Waals surface area contributed by atoms with E-state index in [1.54, 1.807) is 0 Å². The third kappa shape index (κ3) is 2.18. The SMILES string of the molecule is Cl.c1cc2c(c(OC3CCC3)c1)CCNC2. The molecule has 0 bridgehead atoms. The van der Waals surface area contributed by atoms with Crippen molar-refractivity contribution in [2.24, 2.45) is 0 Å². The molecule has 1 aromatic carbocycles. The molecule has 88 valence electrons. The molecule has 3 heteroatoms. The number of hydrogen-bond acceptors (Lipinski definition) is 2. The lowest BCUT2D eigenvalue weighted by molar-refractivity contribution is 0.118. The predicted octanol–water partition coefficient (Wildman–Crippen LogP) is 2.69. The lowest BCUT2D eigenvalue weighted by Gasteiger charge is -2.29. The zero-order valence-corrected chi connectivity index (χ0v) is 10.2. The van der Waals surface area contributed by atoms with Crippen molar-refractivity contribution in [3.8, 4) is 5.75 Å². The standard InChI is InChI=1S/C13H17NO.ClH/c1-3-10-9-14-8-7-12(10)13(6-1)15-11-4-2-5-11;/h1,3,6,11,14H,2,4-5,7-9H2;1H. The minimum atomic E-state index is 0. The van der Waals surface area contributed by atoms with Crippen molar-refractivity contribution in [2.75, 3.05) is 6.54 Å². The first kappa shape index (κ1) is 11.7. The van der Waals surface area contributed by atoms with Gasteiger partial charge in [0.25, 0.3) is 0 Å². The Hall–Kier alpha value is -0.730. The summed E-state index contributed by atoms with van der Waals surface area (Å²) < 4.78 is 6.02. The van der Waals surface area contributed by atoms with E-state index in [9.17, 15) is 0 Å². The van der Waals surface area contributed by atoms with Crippen LogP contribution in [-0.2, 0) is 13.0 Å². The van der Waals surface area contributed by atoms with Gasteiger partial charge in [0, 0.05) is 6.54 Å². The molecule has 1 aliphatic carbocycles. The molecule has 1 aromatic rings. The maximum Gasteiger partial charge on any atom is 0.123 e. The molecule has 1 heterocycles. The molecule has 3 rings (SSSR count). The lowest BCUT2D eigenvalue weighted by atomic mass is 9.95. The van der Waals surface area contributed by atoms with Gasteiger partial charge in [0.05, 0.1) is 6.10 Å². The van der Waals surface area contributed by atoms with Gasteiger partial charge in [0.2, 0.25) is 0 Å². The zero-order chi connectivity index (χ0) is 10.1. The molecular formula is C13H18ClNO. The normalized spacial score (nSPS) is 19.2. The Bertz CT molecular complexity index is 363. The van der Waals surface area contributed by atoms with Gasteiger partial charge in [-0.3, -0.25) is 0 Å². The molecule has 2 aliphatic rings. The van der Waals surface area contributed by atoms with E-state index in [0.717, 1.165) is 25.3 Å². The first-order valence-corrected chi connectivity index (χ1v) is 5.91. The van der Waals surface area contributed by atoms with Crippen LogP contribution in [0.4, 0.5) is 0 Å². The van der Waals surface area contributed by atoms with Crippen molar-refractivity contribution < 1.29 is 4.74 Å². The minimum absolute atomic E-state index is 0. The Kier molecular flexibility index (Phi) is 3.72. The summed E-state index contributed by atoms with van der Waals surface area (Å²) in [5.41, 5.74) is 2.85. The van der Waals surface area contributed by atoms with Crippen LogP contribution < -0.4 is 10.1 Å². The van der Waals surface area contributed by atoms with Gasteiger partial charge in [-0.05, 0) is 49.4 Å². The van der Waals surface area contributed by atoms with E-state index in [2.05, 4.69) is 23.5 Å². The summed E-state index contributed by atoms with van der Waals surface area (Å²) in [7, 11) is 0. The van der Waals surface area contributed by atoms with Crippen molar-refractivity contribution in [3.63, 3.8) is 0 Å². The molecule has 1 saturated carbocycles. The van der Waals surface area contributed by atoms with Gasteiger partial charge in [-0.15, -0.1) is 12.4 Å². The molecule has 0 amide bonds. The Morgan fingerprint density at radius 2 is 2.12 bits per heavy atom. The van der Waals surface area contributed by atoms with E-state index in [1.807, 2.05) is 0 Å². The van der Waals surface area contributed by atoms with Gasteiger partial charge in [-0.2, -0.15) is 0 Å². The van der Waals surface area contributed by atoms with Gasteiger partial charge >= 0.3 is 0 Å². The van der Waals surface area contributed by atoms with Gasteiger partial charge in [0.1, 0.15) is 5.75 Å². The second kappa shape index (κ2) is 5.07. The van der Waals surface area contributed by atoms with Crippen LogP contribution in [0.3, 0.4) is 0 Å². The summed E-state index contributed by atoms with van der Waals surface area (Å²) in [6, 6.07) is 6.44. The van der Waals surface area contributed by atoms with Crippen LogP contribution in [0, 0.1) is 0 Å². The predicted molar refractivity (Wildman–Crippen MR) is 67.4 cm³/mol. The van der Waals surface area contributed by atoms with Crippen LogP contribution >= 0.6 is 12.4 Å². The summed E-state index contributed by atoms with van der Waals surface area (Å²) in [4.78, 5) is 0. The fourth-order valence-electron chi connectivity index (χ4n) is 2.28. The molecule has 0 aromatic heterocycles. The number of halogens is 1. The molecule has 0 atom stereocenters. The van der Waals surface area contributed by atoms with E-state index in [0.29, 0.717) is 6.10 Å². The molecule has 2 nitrogen and oxygen atoms in total. The van der Waals surface area contributed by atoms with Crippen LogP contribution in [0.5, 0.6) is 5.75 Å². The highest BCUT2D eigenvalue weighted by Gasteiger charge is 2.21. The summed E-state index contributed by atoms with van der Waals surface area (Å²) >= 11 is 0. The van der Waals surface area contributed by atoms with E-state index >= 15 is 0 Å². The Labute approximate surface area is 103 Å².